The molecule has 0 spiro atoms. The fourth-order valence-corrected chi connectivity index (χ4v) is 3.34. The summed E-state index contributed by atoms with van der Waals surface area (Å²) in [4.78, 5) is 14.6. The van der Waals surface area contributed by atoms with E-state index in [-0.39, 0.29) is 5.91 Å². The van der Waals surface area contributed by atoms with Gasteiger partial charge in [0.1, 0.15) is 0 Å². The first kappa shape index (κ1) is 16.7. The van der Waals surface area contributed by atoms with Gasteiger partial charge in [0.15, 0.2) is 0 Å². The van der Waals surface area contributed by atoms with Crippen molar-refractivity contribution in [3.05, 3.63) is 33.3 Å². The number of carbonyl (C=O) groups excluding carboxylic acids is 1. The maximum absolute atomic E-state index is 12.7. The highest BCUT2D eigenvalue weighted by molar-refractivity contribution is 9.10. The molecule has 1 aromatic carbocycles. The Morgan fingerprint density at radius 1 is 1.57 bits per heavy atom. The van der Waals surface area contributed by atoms with Gasteiger partial charge in [-0.2, -0.15) is 0 Å². The molecule has 116 valence electrons. The first-order valence-electron chi connectivity index (χ1n) is 7.08. The average Bonchev–Trinajstić information content (AvgIpc) is 2.95. The first-order valence-corrected chi connectivity index (χ1v) is 8.25. The lowest BCUT2D eigenvalue weighted by Crippen LogP contribution is -2.42. The highest BCUT2D eigenvalue weighted by Crippen LogP contribution is 2.23. The summed E-state index contributed by atoms with van der Waals surface area (Å²) in [5.74, 6) is 0.00397. The third kappa shape index (κ3) is 4.68. The second-order valence-electron chi connectivity index (χ2n) is 5.16. The van der Waals surface area contributed by atoms with Gasteiger partial charge in [-0.1, -0.05) is 11.6 Å². The van der Waals surface area contributed by atoms with Crippen LogP contribution in [0.2, 0.25) is 5.02 Å². The zero-order valence-electron chi connectivity index (χ0n) is 12.1. The van der Waals surface area contributed by atoms with Crippen LogP contribution in [0.1, 0.15) is 23.2 Å². The molecule has 21 heavy (non-hydrogen) atoms. The number of benzene rings is 1. The molecule has 1 unspecified atom stereocenters. The number of hydrogen-bond acceptors (Lipinski definition) is 3. The quantitative estimate of drug-likeness (QED) is 0.831. The van der Waals surface area contributed by atoms with Crippen molar-refractivity contribution in [3.8, 4) is 0 Å². The normalized spacial score (nSPS) is 18.0. The number of halogens is 2. The molecule has 1 atom stereocenters. The molecular weight excluding hydrogens is 356 g/mol. The van der Waals surface area contributed by atoms with Crippen LogP contribution in [0.5, 0.6) is 0 Å². The number of nitrogens with one attached hydrogen (secondary N) is 1. The van der Waals surface area contributed by atoms with E-state index in [1.54, 1.807) is 25.3 Å². The Bertz CT molecular complexity index is 493. The summed E-state index contributed by atoms with van der Waals surface area (Å²) >= 11 is 9.36. The Morgan fingerprint density at radius 2 is 2.38 bits per heavy atom. The lowest BCUT2D eigenvalue weighted by Gasteiger charge is -2.26. The maximum Gasteiger partial charge on any atom is 0.255 e. The number of hydrogen-bond donors (Lipinski definition) is 1. The van der Waals surface area contributed by atoms with E-state index in [0.29, 0.717) is 36.3 Å². The summed E-state index contributed by atoms with van der Waals surface area (Å²) in [7, 11) is 1.65. The molecule has 0 aromatic heterocycles. The molecule has 4 nitrogen and oxygen atoms in total. The standard InChI is InChI=1S/C15H20BrClN2O2/c1-21-8-7-19(10-12-3-2-6-18-12)15(20)13-5-4-11(17)9-14(13)16/h4-5,9,12,18H,2-3,6-8,10H2,1H3. The number of carbonyl (C=O) groups is 1. The maximum atomic E-state index is 12.7. The molecule has 1 heterocycles. The molecule has 1 aromatic rings. The van der Waals surface area contributed by atoms with Crippen molar-refractivity contribution in [2.24, 2.45) is 0 Å². The van der Waals surface area contributed by atoms with E-state index < -0.39 is 0 Å². The van der Waals surface area contributed by atoms with Crippen molar-refractivity contribution < 1.29 is 9.53 Å². The molecule has 1 N–H and O–H groups in total. The largest absolute Gasteiger partial charge is 0.383 e. The molecule has 1 fully saturated rings. The number of rotatable bonds is 6. The Kier molecular flexibility index (Phi) is 6.48. The molecule has 1 saturated heterocycles. The predicted octanol–water partition coefficient (Wildman–Crippen LogP) is 2.94. The van der Waals surface area contributed by atoms with Crippen LogP contribution in [-0.4, -0.2) is 50.2 Å². The van der Waals surface area contributed by atoms with E-state index in [9.17, 15) is 4.79 Å². The van der Waals surface area contributed by atoms with E-state index in [2.05, 4.69) is 21.2 Å². The van der Waals surface area contributed by atoms with Gasteiger partial charge in [-0.25, -0.2) is 0 Å². The van der Waals surface area contributed by atoms with Crippen LogP contribution in [-0.2, 0) is 4.74 Å². The predicted molar refractivity (Wildman–Crippen MR) is 88.0 cm³/mol. The van der Waals surface area contributed by atoms with E-state index in [4.69, 9.17) is 16.3 Å². The van der Waals surface area contributed by atoms with Gasteiger partial charge in [-0.15, -0.1) is 0 Å². The Balaban J connectivity index is 2.11. The Morgan fingerprint density at radius 3 is 3.00 bits per heavy atom. The SMILES string of the molecule is COCCN(CC1CCCN1)C(=O)c1ccc(Cl)cc1Br. The number of amides is 1. The van der Waals surface area contributed by atoms with Crippen molar-refractivity contribution in [2.75, 3.05) is 33.4 Å². The highest BCUT2D eigenvalue weighted by atomic mass is 79.9. The summed E-state index contributed by atoms with van der Waals surface area (Å²) < 4.78 is 5.85. The molecule has 0 radical (unpaired) electrons. The Hall–Kier alpha value is -0.620. The smallest absolute Gasteiger partial charge is 0.255 e. The molecule has 0 aliphatic carbocycles. The van der Waals surface area contributed by atoms with E-state index >= 15 is 0 Å². The van der Waals surface area contributed by atoms with Crippen LogP contribution in [0.4, 0.5) is 0 Å². The van der Waals surface area contributed by atoms with Gasteiger partial charge < -0.3 is 15.0 Å². The number of nitrogens with zero attached hydrogens (tertiary/aromatic N) is 1. The minimum Gasteiger partial charge on any atom is -0.383 e. The van der Waals surface area contributed by atoms with Gasteiger partial charge in [0, 0.05) is 35.7 Å². The summed E-state index contributed by atoms with van der Waals surface area (Å²) in [6.07, 6.45) is 2.28. The number of ether oxygens (including phenoxy) is 1. The van der Waals surface area contributed by atoms with E-state index in [0.717, 1.165) is 17.4 Å². The van der Waals surface area contributed by atoms with Crippen molar-refractivity contribution in [1.29, 1.82) is 0 Å². The highest BCUT2D eigenvalue weighted by Gasteiger charge is 2.23. The van der Waals surface area contributed by atoms with Gasteiger partial charge in [-0.05, 0) is 53.5 Å². The van der Waals surface area contributed by atoms with Crippen molar-refractivity contribution >= 4 is 33.4 Å². The molecule has 2 rings (SSSR count). The minimum atomic E-state index is 0.00397. The second kappa shape index (κ2) is 8.13. The third-order valence-electron chi connectivity index (χ3n) is 3.62. The Labute approximate surface area is 138 Å². The van der Waals surface area contributed by atoms with Crippen LogP contribution in [0.25, 0.3) is 0 Å². The molecule has 0 saturated carbocycles. The molecular formula is C15H20BrClN2O2. The van der Waals surface area contributed by atoms with Crippen molar-refractivity contribution in [3.63, 3.8) is 0 Å². The van der Waals surface area contributed by atoms with Crippen molar-refractivity contribution in [1.82, 2.24) is 10.2 Å². The average molecular weight is 376 g/mol. The summed E-state index contributed by atoms with van der Waals surface area (Å²) in [5.41, 5.74) is 0.633. The topological polar surface area (TPSA) is 41.6 Å². The summed E-state index contributed by atoms with van der Waals surface area (Å²) in [6, 6.07) is 5.62. The lowest BCUT2D eigenvalue weighted by molar-refractivity contribution is 0.0678. The van der Waals surface area contributed by atoms with Gasteiger partial charge >= 0.3 is 0 Å². The zero-order chi connectivity index (χ0) is 15.2. The van der Waals surface area contributed by atoms with Crippen molar-refractivity contribution in [2.45, 2.75) is 18.9 Å². The minimum absolute atomic E-state index is 0.00397. The summed E-state index contributed by atoms with van der Waals surface area (Å²) in [5, 5.41) is 4.04. The zero-order valence-corrected chi connectivity index (χ0v) is 14.4. The fraction of sp³-hybridized carbons (Fsp3) is 0.533. The van der Waals surface area contributed by atoms with Gasteiger partial charge in [0.05, 0.1) is 12.2 Å². The second-order valence-corrected chi connectivity index (χ2v) is 6.45. The molecule has 0 bridgehead atoms. The summed E-state index contributed by atoms with van der Waals surface area (Å²) in [6.45, 7) is 2.85. The number of methoxy groups -OCH3 is 1. The third-order valence-corrected chi connectivity index (χ3v) is 4.51. The van der Waals surface area contributed by atoms with Gasteiger partial charge in [0.25, 0.3) is 5.91 Å². The van der Waals surface area contributed by atoms with E-state index in [1.165, 1.54) is 6.42 Å². The molecule has 6 heteroatoms. The van der Waals surface area contributed by atoms with E-state index in [1.807, 2.05) is 4.90 Å². The monoisotopic (exact) mass is 374 g/mol. The first-order chi connectivity index (χ1) is 10.1. The molecule has 1 aliphatic rings. The molecule has 1 aliphatic heterocycles. The van der Waals surface area contributed by atoms with Gasteiger partial charge in [-0.3, -0.25) is 4.79 Å². The van der Waals surface area contributed by atoms with Crippen LogP contribution >= 0.6 is 27.5 Å². The van der Waals surface area contributed by atoms with Crippen LogP contribution in [0.15, 0.2) is 22.7 Å². The van der Waals surface area contributed by atoms with Gasteiger partial charge in [0.2, 0.25) is 0 Å². The lowest BCUT2D eigenvalue weighted by atomic mass is 10.1. The fourth-order valence-electron chi connectivity index (χ4n) is 2.49. The van der Waals surface area contributed by atoms with Crippen LogP contribution < -0.4 is 5.32 Å². The molecule has 1 amide bonds. The van der Waals surface area contributed by atoms with Crippen LogP contribution in [0, 0.1) is 0 Å². The van der Waals surface area contributed by atoms with Crippen LogP contribution in [0.3, 0.4) is 0 Å².